The summed E-state index contributed by atoms with van der Waals surface area (Å²) in [4.78, 5) is 0. The summed E-state index contributed by atoms with van der Waals surface area (Å²) in [7, 11) is 0. The first-order valence-electron chi connectivity index (χ1n) is 3.79. The van der Waals surface area contributed by atoms with E-state index in [4.69, 9.17) is 5.26 Å². The lowest BCUT2D eigenvalue weighted by molar-refractivity contribution is 0.163. The SMILES string of the molecule is N#CCNN1CCCCC1. The molecule has 1 N–H and O–H groups in total. The van der Waals surface area contributed by atoms with Crippen LogP contribution in [0.1, 0.15) is 19.3 Å². The molecule has 0 amide bonds. The second-order valence-corrected chi connectivity index (χ2v) is 2.54. The summed E-state index contributed by atoms with van der Waals surface area (Å²) in [5.41, 5.74) is 3.04. The molecule has 0 aliphatic carbocycles. The minimum Gasteiger partial charge on any atom is -0.243 e. The summed E-state index contributed by atoms with van der Waals surface area (Å²) in [6, 6.07) is 2.06. The average molecular weight is 139 g/mol. The monoisotopic (exact) mass is 139 g/mol. The Kier molecular flexibility index (Phi) is 3.20. The quantitative estimate of drug-likeness (QED) is 0.566. The Labute approximate surface area is 61.6 Å². The molecule has 1 heterocycles. The molecule has 3 heteroatoms. The molecule has 10 heavy (non-hydrogen) atoms. The van der Waals surface area contributed by atoms with Gasteiger partial charge in [0.05, 0.1) is 12.6 Å². The van der Waals surface area contributed by atoms with E-state index < -0.39 is 0 Å². The predicted molar refractivity (Wildman–Crippen MR) is 39.0 cm³/mol. The number of nitrogens with zero attached hydrogens (tertiary/aromatic N) is 2. The van der Waals surface area contributed by atoms with Crippen molar-refractivity contribution in [1.82, 2.24) is 10.4 Å². The largest absolute Gasteiger partial charge is 0.243 e. The van der Waals surface area contributed by atoms with Crippen molar-refractivity contribution >= 4 is 0 Å². The second kappa shape index (κ2) is 4.26. The van der Waals surface area contributed by atoms with Gasteiger partial charge in [-0.15, -0.1) is 0 Å². The molecule has 1 fully saturated rings. The summed E-state index contributed by atoms with van der Waals surface area (Å²) in [5, 5.41) is 10.4. The second-order valence-electron chi connectivity index (χ2n) is 2.54. The van der Waals surface area contributed by atoms with Crippen molar-refractivity contribution in [2.75, 3.05) is 19.6 Å². The van der Waals surface area contributed by atoms with Gasteiger partial charge in [-0.2, -0.15) is 5.26 Å². The highest BCUT2D eigenvalue weighted by molar-refractivity contribution is 4.72. The summed E-state index contributed by atoms with van der Waals surface area (Å²) in [6.45, 7) is 2.64. The van der Waals surface area contributed by atoms with Gasteiger partial charge < -0.3 is 0 Å². The van der Waals surface area contributed by atoms with Crippen molar-refractivity contribution in [2.24, 2.45) is 0 Å². The minimum atomic E-state index is 0.444. The fraction of sp³-hybridized carbons (Fsp3) is 0.857. The number of rotatable bonds is 2. The van der Waals surface area contributed by atoms with Crippen molar-refractivity contribution < 1.29 is 0 Å². The Hall–Kier alpha value is -0.590. The number of hydrogen-bond donors (Lipinski definition) is 1. The number of hydrazine groups is 1. The van der Waals surface area contributed by atoms with Crippen LogP contribution in [0.25, 0.3) is 0 Å². The van der Waals surface area contributed by atoms with Gasteiger partial charge in [0.25, 0.3) is 0 Å². The molecule has 56 valence electrons. The molecule has 1 aliphatic heterocycles. The Morgan fingerprint density at radius 3 is 2.60 bits per heavy atom. The van der Waals surface area contributed by atoms with Crippen molar-refractivity contribution in [2.45, 2.75) is 19.3 Å². The maximum absolute atomic E-state index is 8.26. The van der Waals surface area contributed by atoms with Gasteiger partial charge in [0.15, 0.2) is 0 Å². The third-order valence-electron chi connectivity index (χ3n) is 1.74. The molecule has 0 spiro atoms. The fourth-order valence-electron chi connectivity index (χ4n) is 1.20. The Balaban J connectivity index is 2.09. The molecule has 0 bridgehead atoms. The van der Waals surface area contributed by atoms with E-state index in [1.54, 1.807) is 0 Å². The van der Waals surface area contributed by atoms with Crippen molar-refractivity contribution in [3.8, 4) is 6.07 Å². The number of piperidine rings is 1. The molecule has 1 rings (SSSR count). The lowest BCUT2D eigenvalue weighted by Gasteiger charge is -2.25. The van der Waals surface area contributed by atoms with E-state index in [9.17, 15) is 0 Å². The first-order chi connectivity index (χ1) is 4.93. The van der Waals surface area contributed by atoms with E-state index in [2.05, 4.69) is 16.5 Å². The molecular weight excluding hydrogens is 126 g/mol. The molecule has 0 radical (unpaired) electrons. The van der Waals surface area contributed by atoms with Crippen LogP contribution in [0.5, 0.6) is 0 Å². The zero-order valence-corrected chi connectivity index (χ0v) is 6.14. The van der Waals surface area contributed by atoms with Gasteiger partial charge in [-0.1, -0.05) is 6.42 Å². The highest BCUT2D eigenvalue weighted by atomic mass is 15.5. The van der Waals surface area contributed by atoms with E-state index >= 15 is 0 Å². The summed E-state index contributed by atoms with van der Waals surface area (Å²) >= 11 is 0. The van der Waals surface area contributed by atoms with E-state index in [-0.39, 0.29) is 0 Å². The van der Waals surface area contributed by atoms with Crippen LogP contribution < -0.4 is 5.43 Å². The van der Waals surface area contributed by atoms with Crippen LogP contribution in [0, 0.1) is 11.3 Å². The van der Waals surface area contributed by atoms with Crippen molar-refractivity contribution in [3.05, 3.63) is 0 Å². The lowest BCUT2D eigenvalue weighted by atomic mass is 10.2. The van der Waals surface area contributed by atoms with Crippen LogP contribution in [0.4, 0.5) is 0 Å². The molecule has 0 aromatic rings. The topological polar surface area (TPSA) is 39.1 Å². The predicted octanol–water partition coefficient (Wildman–Crippen LogP) is 0.500. The van der Waals surface area contributed by atoms with Crippen molar-refractivity contribution in [3.63, 3.8) is 0 Å². The normalized spacial score (nSPS) is 20.3. The molecule has 3 nitrogen and oxygen atoms in total. The van der Waals surface area contributed by atoms with Gasteiger partial charge in [-0.3, -0.25) is 0 Å². The molecule has 0 saturated carbocycles. The van der Waals surface area contributed by atoms with E-state index in [0.717, 1.165) is 13.1 Å². The molecular formula is C7H13N3. The van der Waals surface area contributed by atoms with Crippen LogP contribution >= 0.6 is 0 Å². The maximum Gasteiger partial charge on any atom is 0.0974 e. The van der Waals surface area contributed by atoms with E-state index in [1.807, 2.05) is 0 Å². The highest BCUT2D eigenvalue weighted by Crippen LogP contribution is 2.04. The maximum atomic E-state index is 8.26. The Bertz CT molecular complexity index is 121. The molecule has 0 aromatic carbocycles. The number of hydrogen-bond acceptors (Lipinski definition) is 3. The molecule has 0 atom stereocenters. The summed E-state index contributed by atoms with van der Waals surface area (Å²) < 4.78 is 0. The van der Waals surface area contributed by atoms with Crippen LogP contribution in [0.3, 0.4) is 0 Å². The first-order valence-corrected chi connectivity index (χ1v) is 3.79. The standard InChI is InChI=1S/C7H13N3/c8-4-5-9-10-6-2-1-3-7-10/h9H,1-3,5-7H2. The van der Waals surface area contributed by atoms with E-state index in [0.29, 0.717) is 6.54 Å². The van der Waals surface area contributed by atoms with Gasteiger partial charge in [0.1, 0.15) is 0 Å². The smallest absolute Gasteiger partial charge is 0.0974 e. The average Bonchev–Trinajstić information content (AvgIpc) is 2.03. The molecule has 0 aromatic heterocycles. The van der Waals surface area contributed by atoms with Gasteiger partial charge in [-0.25, -0.2) is 10.4 Å². The van der Waals surface area contributed by atoms with Crippen LogP contribution in [0.15, 0.2) is 0 Å². The number of nitriles is 1. The van der Waals surface area contributed by atoms with Gasteiger partial charge in [0, 0.05) is 13.1 Å². The molecule has 1 saturated heterocycles. The number of nitrogens with one attached hydrogen (secondary N) is 1. The van der Waals surface area contributed by atoms with Crippen LogP contribution in [-0.2, 0) is 0 Å². The first kappa shape index (κ1) is 7.52. The zero-order valence-electron chi connectivity index (χ0n) is 6.14. The fourth-order valence-corrected chi connectivity index (χ4v) is 1.20. The van der Waals surface area contributed by atoms with Gasteiger partial charge in [0.2, 0.25) is 0 Å². The highest BCUT2D eigenvalue weighted by Gasteiger charge is 2.07. The minimum absolute atomic E-state index is 0.444. The lowest BCUT2D eigenvalue weighted by Crippen LogP contribution is -2.41. The molecule has 0 unspecified atom stereocenters. The van der Waals surface area contributed by atoms with Crippen LogP contribution in [0.2, 0.25) is 0 Å². The van der Waals surface area contributed by atoms with Crippen molar-refractivity contribution in [1.29, 1.82) is 5.26 Å². The van der Waals surface area contributed by atoms with Crippen LogP contribution in [-0.4, -0.2) is 24.6 Å². The summed E-state index contributed by atoms with van der Waals surface area (Å²) in [5.74, 6) is 0. The molecule has 1 aliphatic rings. The zero-order chi connectivity index (χ0) is 7.23. The van der Waals surface area contributed by atoms with E-state index in [1.165, 1.54) is 19.3 Å². The Morgan fingerprint density at radius 1 is 1.30 bits per heavy atom. The third-order valence-corrected chi connectivity index (χ3v) is 1.74. The summed E-state index contributed by atoms with van der Waals surface area (Å²) in [6.07, 6.45) is 3.86. The van der Waals surface area contributed by atoms with Gasteiger partial charge >= 0.3 is 0 Å². The van der Waals surface area contributed by atoms with Gasteiger partial charge in [-0.05, 0) is 12.8 Å². The third kappa shape index (κ3) is 2.34. The Morgan fingerprint density at radius 2 is 2.00 bits per heavy atom.